The number of rotatable bonds is 11. The minimum Gasteiger partial charge on any atom is -0.436 e. The second kappa shape index (κ2) is 15.3. The maximum absolute atomic E-state index is 13.8. The summed E-state index contributed by atoms with van der Waals surface area (Å²) in [7, 11) is -1.72. The number of carbonyl (C=O) groups excluding carboxylic acids is 1. The number of nitrogens with one attached hydrogen (secondary N) is 2. The molecule has 0 bridgehead atoms. The Morgan fingerprint density at radius 1 is 0.960 bits per heavy atom. The van der Waals surface area contributed by atoms with Crippen LogP contribution in [0, 0.1) is 0 Å². The van der Waals surface area contributed by atoms with Crippen LogP contribution in [0.4, 0.5) is 16.4 Å². The van der Waals surface area contributed by atoms with Gasteiger partial charge in [-0.25, -0.2) is 18.2 Å². The van der Waals surface area contributed by atoms with E-state index in [0.717, 1.165) is 48.1 Å². The summed E-state index contributed by atoms with van der Waals surface area (Å²) in [5.41, 5.74) is 3.88. The van der Waals surface area contributed by atoms with Crippen molar-refractivity contribution in [1.82, 2.24) is 25.1 Å². The monoisotopic (exact) mass is 713 g/mol. The molecule has 2 heterocycles. The Morgan fingerprint density at radius 2 is 1.66 bits per heavy atom. The van der Waals surface area contributed by atoms with Gasteiger partial charge in [0, 0.05) is 43.1 Å². The summed E-state index contributed by atoms with van der Waals surface area (Å²) < 4.78 is 33.6. The fourth-order valence-electron chi connectivity index (χ4n) is 6.02. The van der Waals surface area contributed by atoms with Crippen LogP contribution in [0.15, 0.2) is 102 Å². The summed E-state index contributed by atoms with van der Waals surface area (Å²) >= 11 is 6.40. The van der Waals surface area contributed by atoms with Crippen molar-refractivity contribution >= 4 is 39.1 Å². The number of hydrogen-bond donors (Lipinski definition) is 2. The molecular weight excluding hydrogens is 674 g/mol. The van der Waals surface area contributed by atoms with Crippen molar-refractivity contribution in [1.29, 1.82) is 0 Å². The first-order chi connectivity index (χ1) is 24.1. The number of para-hydroxylation sites is 1. The number of anilines is 2. The van der Waals surface area contributed by atoms with Gasteiger partial charge in [0.2, 0.25) is 11.8 Å². The summed E-state index contributed by atoms with van der Waals surface area (Å²) in [6, 6.07) is 24.2. The standard InChI is InChI=1S/C37H40ClN7O4S/c1-25(2)50(47,48)34-12-8-7-11-33(34)49-35-32(38)23-39-36(43-35)42-29-15-19-31(20-16-29)45(37(46)40-21-26-9-5-4-6-10-26)30-17-13-27(14-18-30)28-22-41-44(3)24-28/h4-14,17-18,22-25,29,31H,15-16,19-21H2,1-3H3,(H,40,46)(H,39,42,43). The molecule has 5 aromatic rings. The fourth-order valence-corrected chi connectivity index (χ4v) is 7.31. The molecule has 13 heteroatoms. The molecule has 260 valence electrons. The summed E-state index contributed by atoms with van der Waals surface area (Å²) in [5, 5.41) is 10.3. The van der Waals surface area contributed by atoms with Crippen molar-refractivity contribution in [3.63, 3.8) is 0 Å². The topological polar surface area (TPSA) is 131 Å². The average Bonchev–Trinajstić information content (AvgIpc) is 3.56. The molecule has 1 aliphatic carbocycles. The summed E-state index contributed by atoms with van der Waals surface area (Å²) in [6.07, 6.45) is 8.24. The molecule has 2 aromatic heterocycles. The van der Waals surface area contributed by atoms with Crippen LogP contribution < -0.4 is 20.3 Å². The van der Waals surface area contributed by atoms with Crippen LogP contribution in [0.3, 0.4) is 0 Å². The number of benzene rings is 3. The third kappa shape index (κ3) is 8.09. The SMILES string of the molecule is CC(C)S(=O)(=O)c1ccccc1Oc1nc(NC2CCC(N(C(=O)NCc3ccccc3)c3ccc(-c4cnn(C)c4)cc3)CC2)ncc1Cl. The van der Waals surface area contributed by atoms with E-state index >= 15 is 0 Å². The number of hydrogen-bond acceptors (Lipinski definition) is 8. The first-order valence-electron chi connectivity index (χ1n) is 16.6. The molecule has 3 aromatic carbocycles. The minimum absolute atomic E-state index is 0.0301. The Bertz CT molecular complexity index is 2030. The van der Waals surface area contributed by atoms with Gasteiger partial charge in [0.05, 0.1) is 17.6 Å². The molecular formula is C37H40ClN7O4S. The third-order valence-corrected chi connectivity index (χ3v) is 11.2. The zero-order valence-electron chi connectivity index (χ0n) is 28.2. The number of sulfone groups is 1. The molecule has 50 heavy (non-hydrogen) atoms. The molecule has 2 amide bonds. The zero-order chi connectivity index (χ0) is 35.3. The number of aromatic nitrogens is 4. The van der Waals surface area contributed by atoms with E-state index in [1.165, 1.54) is 12.3 Å². The van der Waals surface area contributed by atoms with E-state index in [1.54, 1.807) is 36.7 Å². The number of nitrogens with zero attached hydrogens (tertiary/aromatic N) is 5. The highest BCUT2D eigenvalue weighted by Gasteiger charge is 2.31. The number of carbonyl (C=O) groups is 1. The van der Waals surface area contributed by atoms with E-state index in [1.807, 2.05) is 78.9 Å². The lowest BCUT2D eigenvalue weighted by atomic mass is 9.90. The Kier molecular flexibility index (Phi) is 10.7. The van der Waals surface area contributed by atoms with Crippen molar-refractivity contribution in [2.75, 3.05) is 10.2 Å². The van der Waals surface area contributed by atoms with Gasteiger partial charge in [-0.3, -0.25) is 9.58 Å². The molecule has 0 aliphatic heterocycles. The van der Waals surface area contributed by atoms with E-state index in [-0.39, 0.29) is 39.7 Å². The normalized spacial score (nSPS) is 16.2. The van der Waals surface area contributed by atoms with Gasteiger partial charge in [-0.15, -0.1) is 0 Å². The van der Waals surface area contributed by atoms with E-state index in [0.29, 0.717) is 12.5 Å². The summed E-state index contributed by atoms with van der Waals surface area (Å²) in [6.45, 7) is 3.67. The first kappa shape index (κ1) is 34.9. The second-order valence-corrected chi connectivity index (χ2v) is 15.5. The van der Waals surface area contributed by atoms with Crippen molar-refractivity contribution in [2.45, 2.75) is 68.3 Å². The number of amides is 2. The molecule has 0 saturated heterocycles. The Balaban J connectivity index is 1.15. The summed E-state index contributed by atoms with van der Waals surface area (Å²) in [4.78, 5) is 24.6. The number of urea groups is 1. The highest BCUT2D eigenvalue weighted by Crippen LogP contribution is 2.35. The van der Waals surface area contributed by atoms with E-state index in [4.69, 9.17) is 16.3 Å². The molecule has 1 fully saturated rings. The van der Waals surface area contributed by atoms with Crippen LogP contribution in [-0.4, -0.2) is 51.5 Å². The van der Waals surface area contributed by atoms with Crippen molar-refractivity contribution < 1.29 is 17.9 Å². The highest BCUT2D eigenvalue weighted by atomic mass is 35.5. The Labute approximate surface area is 297 Å². The van der Waals surface area contributed by atoms with E-state index in [9.17, 15) is 13.2 Å². The van der Waals surface area contributed by atoms with Gasteiger partial charge >= 0.3 is 6.03 Å². The predicted molar refractivity (Wildman–Crippen MR) is 195 cm³/mol. The van der Waals surface area contributed by atoms with Gasteiger partial charge < -0.3 is 15.4 Å². The van der Waals surface area contributed by atoms with Crippen LogP contribution in [0.1, 0.15) is 45.1 Å². The van der Waals surface area contributed by atoms with Gasteiger partial charge in [-0.2, -0.15) is 10.1 Å². The molecule has 2 N–H and O–H groups in total. The van der Waals surface area contributed by atoms with Gasteiger partial charge in [0.15, 0.2) is 9.84 Å². The molecule has 1 aliphatic rings. The highest BCUT2D eigenvalue weighted by molar-refractivity contribution is 7.92. The van der Waals surface area contributed by atoms with Crippen LogP contribution >= 0.6 is 11.6 Å². The van der Waals surface area contributed by atoms with Crippen LogP contribution in [0.2, 0.25) is 5.02 Å². The van der Waals surface area contributed by atoms with Crippen molar-refractivity contribution in [3.05, 3.63) is 108 Å². The smallest absolute Gasteiger partial charge is 0.322 e. The molecule has 11 nitrogen and oxygen atoms in total. The lowest BCUT2D eigenvalue weighted by molar-refractivity contribution is 0.240. The van der Waals surface area contributed by atoms with E-state index < -0.39 is 15.1 Å². The minimum atomic E-state index is -3.61. The average molecular weight is 714 g/mol. The van der Waals surface area contributed by atoms with Gasteiger partial charge in [0.25, 0.3) is 0 Å². The second-order valence-electron chi connectivity index (χ2n) is 12.6. The van der Waals surface area contributed by atoms with Gasteiger partial charge in [-0.05, 0) is 74.9 Å². The quantitative estimate of drug-likeness (QED) is 0.143. The van der Waals surface area contributed by atoms with Crippen LogP contribution in [0.5, 0.6) is 11.6 Å². The third-order valence-electron chi connectivity index (χ3n) is 8.78. The molecule has 1 saturated carbocycles. The number of ether oxygens (including phenoxy) is 1. The lowest BCUT2D eigenvalue weighted by Gasteiger charge is -2.37. The largest absolute Gasteiger partial charge is 0.436 e. The van der Waals surface area contributed by atoms with Crippen molar-refractivity contribution in [2.24, 2.45) is 7.05 Å². The Hall–Kier alpha value is -4.94. The van der Waals surface area contributed by atoms with Crippen LogP contribution in [-0.2, 0) is 23.4 Å². The molecule has 6 rings (SSSR count). The molecule has 0 spiro atoms. The first-order valence-corrected chi connectivity index (χ1v) is 18.5. The Morgan fingerprint density at radius 3 is 2.34 bits per heavy atom. The van der Waals surface area contributed by atoms with Crippen molar-refractivity contribution in [3.8, 4) is 22.8 Å². The molecule has 0 radical (unpaired) electrons. The van der Waals surface area contributed by atoms with Gasteiger partial charge in [-0.1, -0.05) is 66.2 Å². The molecule has 0 atom stereocenters. The predicted octanol–water partition coefficient (Wildman–Crippen LogP) is 7.64. The maximum atomic E-state index is 13.8. The fraction of sp³-hybridized carbons (Fsp3) is 0.297. The lowest BCUT2D eigenvalue weighted by Crippen LogP contribution is -2.48. The van der Waals surface area contributed by atoms with Crippen LogP contribution in [0.25, 0.3) is 11.1 Å². The maximum Gasteiger partial charge on any atom is 0.322 e. The molecule has 0 unspecified atom stereocenters. The number of aryl methyl sites for hydroxylation is 1. The summed E-state index contributed by atoms with van der Waals surface area (Å²) in [5.74, 6) is 0.521. The zero-order valence-corrected chi connectivity index (χ0v) is 29.7. The van der Waals surface area contributed by atoms with Gasteiger partial charge in [0.1, 0.15) is 15.7 Å². The van der Waals surface area contributed by atoms with E-state index in [2.05, 4.69) is 25.7 Å². The number of halogens is 1.